The van der Waals surface area contributed by atoms with Gasteiger partial charge in [-0.05, 0) is 29.8 Å². The zero-order chi connectivity index (χ0) is 19.3. The van der Waals surface area contributed by atoms with Crippen LogP contribution in [0.25, 0.3) is 11.3 Å². The van der Waals surface area contributed by atoms with E-state index in [-0.39, 0.29) is 18.3 Å². The number of hydrogen-bond donors (Lipinski definition) is 1. The lowest BCUT2D eigenvalue weighted by Crippen LogP contribution is -2.46. The lowest BCUT2D eigenvalue weighted by atomic mass is 10.1. The average Bonchev–Trinajstić information content (AvgIpc) is 3.18. The molecule has 0 atom stereocenters. The van der Waals surface area contributed by atoms with Gasteiger partial charge in [-0.2, -0.15) is 5.10 Å². The first-order valence-corrected chi connectivity index (χ1v) is 9.50. The Morgan fingerprint density at radius 3 is 2.41 bits per heavy atom. The van der Waals surface area contributed by atoms with E-state index in [1.165, 1.54) is 0 Å². The van der Waals surface area contributed by atoms with Gasteiger partial charge in [-0.25, -0.2) is 0 Å². The van der Waals surface area contributed by atoms with Gasteiger partial charge in [0.25, 0.3) is 5.91 Å². The number of ether oxygens (including phenoxy) is 1. The monoisotopic (exact) mass is 412 g/mol. The van der Waals surface area contributed by atoms with Crippen LogP contribution in [0, 0.1) is 0 Å². The molecule has 2 aromatic carbocycles. The molecule has 0 spiro atoms. The predicted octanol–water partition coefficient (Wildman–Crippen LogP) is 3.07. The second-order valence-corrected chi connectivity index (χ2v) is 6.85. The number of aromatic nitrogens is 2. The van der Waals surface area contributed by atoms with Gasteiger partial charge < -0.3 is 15.0 Å². The van der Waals surface area contributed by atoms with Crippen LogP contribution in [0.2, 0.25) is 0 Å². The van der Waals surface area contributed by atoms with Crippen molar-refractivity contribution < 1.29 is 9.53 Å². The molecule has 0 radical (unpaired) electrons. The largest absolute Gasteiger partial charge is 0.497 e. The zero-order valence-corrected chi connectivity index (χ0v) is 17.2. The first-order valence-electron chi connectivity index (χ1n) is 9.50. The SMILES string of the molecule is COc1ccc(-c2nn(Cc3ccccc3)cc2C(=O)N2CCNCC2)cc1.Cl. The fourth-order valence-corrected chi connectivity index (χ4v) is 3.43. The highest BCUT2D eigenvalue weighted by Gasteiger charge is 2.24. The molecule has 1 amide bonds. The van der Waals surface area contributed by atoms with E-state index in [4.69, 9.17) is 9.84 Å². The number of carbonyl (C=O) groups excluding carboxylic acids is 1. The molecule has 0 bridgehead atoms. The Labute approximate surface area is 176 Å². The summed E-state index contributed by atoms with van der Waals surface area (Å²) in [5, 5.41) is 8.05. The third kappa shape index (κ3) is 4.78. The van der Waals surface area contributed by atoms with E-state index < -0.39 is 0 Å². The van der Waals surface area contributed by atoms with E-state index in [0.717, 1.165) is 30.0 Å². The normalized spacial score (nSPS) is 13.6. The van der Waals surface area contributed by atoms with Crippen molar-refractivity contribution in [3.8, 4) is 17.0 Å². The van der Waals surface area contributed by atoms with Crippen LogP contribution in [0.4, 0.5) is 0 Å². The van der Waals surface area contributed by atoms with Gasteiger partial charge in [-0.15, -0.1) is 12.4 Å². The highest BCUT2D eigenvalue weighted by molar-refractivity contribution is 6.00. The summed E-state index contributed by atoms with van der Waals surface area (Å²) in [7, 11) is 1.64. The Hall–Kier alpha value is -2.83. The summed E-state index contributed by atoms with van der Waals surface area (Å²) < 4.78 is 7.11. The van der Waals surface area contributed by atoms with Gasteiger partial charge in [0.15, 0.2) is 0 Å². The molecule has 1 aliphatic heterocycles. The van der Waals surface area contributed by atoms with Crippen LogP contribution < -0.4 is 10.1 Å². The molecule has 0 saturated carbocycles. The molecule has 0 unspecified atom stereocenters. The van der Waals surface area contributed by atoms with Crippen LogP contribution in [0.5, 0.6) is 5.75 Å². The van der Waals surface area contributed by atoms with E-state index in [1.807, 2.05) is 58.2 Å². The van der Waals surface area contributed by atoms with Gasteiger partial charge in [0, 0.05) is 37.9 Å². The molecule has 1 aromatic heterocycles. The minimum atomic E-state index is 0. The van der Waals surface area contributed by atoms with Crippen molar-refractivity contribution in [2.75, 3.05) is 33.3 Å². The van der Waals surface area contributed by atoms with Gasteiger partial charge in [0.05, 0.1) is 19.2 Å². The first-order chi connectivity index (χ1) is 13.7. The first kappa shape index (κ1) is 20.9. The highest BCUT2D eigenvalue weighted by atomic mass is 35.5. The number of nitrogens with zero attached hydrogens (tertiary/aromatic N) is 3. The Balaban J connectivity index is 0.00000240. The lowest BCUT2D eigenvalue weighted by Gasteiger charge is -2.27. The van der Waals surface area contributed by atoms with Gasteiger partial charge >= 0.3 is 0 Å². The van der Waals surface area contributed by atoms with E-state index in [9.17, 15) is 4.79 Å². The minimum Gasteiger partial charge on any atom is -0.497 e. The van der Waals surface area contributed by atoms with Crippen molar-refractivity contribution in [1.82, 2.24) is 20.0 Å². The summed E-state index contributed by atoms with van der Waals surface area (Å²) in [6.45, 7) is 3.69. The van der Waals surface area contributed by atoms with Crippen molar-refractivity contribution in [1.29, 1.82) is 0 Å². The van der Waals surface area contributed by atoms with E-state index >= 15 is 0 Å². The van der Waals surface area contributed by atoms with E-state index in [1.54, 1.807) is 7.11 Å². The van der Waals surface area contributed by atoms with Gasteiger partial charge in [-0.1, -0.05) is 30.3 Å². The van der Waals surface area contributed by atoms with Gasteiger partial charge in [0.2, 0.25) is 0 Å². The molecule has 152 valence electrons. The Morgan fingerprint density at radius 2 is 1.76 bits per heavy atom. The maximum atomic E-state index is 13.2. The van der Waals surface area contributed by atoms with Crippen LogP contribution in [-0.2, 0) is 6.54 Å². The zero-order valence-electron chi connectivity index (χ0n) is 16.4. The standard InChI is InChI=1S/C22H24N4O2.ClH/c1-28-19-9-7-18(8-10-19)21-20(22(27)25-13-11-23-12-14-25)16-26(24-21)15-17-5-3-2-4-6-17;/h2-10,16,23H,11-15H2,1H3;1H. The molecule has 7 heteroatoms. The molecule has 1 saturated heterocycles. The van der Waals surface area contributed by atoms with Crippen LogP contribution in [0.1, 0.15) is 15.9 Å². The number of benzene rings is 2. The fourth-order valence-electron chi connectivity index (χ4n) is 3.43. The fraction of sp³-hybridized carbons (Fsp3) is 0.273. The summed E-state index contributed by atoms with van der Waals surface area (Å²) in [6.07, 6.45) is 1.87. The van der Waals surface area contributed by atoms with Crippen molar-refractivity contribution in [3.63, 3.8) is 0 Å². The van der Waals surface area contributed by atoms with Crippen LogP contribution in [-0.4, -0.2) is 53.9 Å². The molecule has 6 nitrogen and oxygen atoms in total. The number of amides is 1. The number of hydrogen-bond acceptors (Lipinski definition) is 4. The van der Waals surface area contributed by atoms with Crippen molar-refractivity contribution in [2.24, 2.45) is 0 Å². The second kappa shape index (κ2) is 9.58. The Kier molecular flexibility index (Phi) is 6.90. The maximum Gasteiger partial charge on any atom is 0.257 e. The highest BCUT2D eigenvalue weighted by Crippen LogP contribution is 2.26. The number of carbonyl (C=O) groups is 1. The predicted molar refractivity (Wildman–Crippen MR) is 116 cm³/mol. The molecule has 3 aromatic rings. The number of rotatable bonds is 5. The third-order valence-corrected chi connectivity index (χ3v) is 4.95. The molecule has 2 heterocycles. The summed E-state index contributed by atoms with van der Waals surface area (Å²) in [6, 6.07) is 17.8. The molecule has 29 heavy (non-hydrogen) atoms. The second-order valence-electron chi connectivity index (χ2n) is 6.85. The van der Waals surface area contributed by atoms with E-state index in [2.05, 4.69) is 17.4 Å². The van der Waals surface area contributed by atoms with Crippen LogP contribution in [0.3, 0.4) is 0 Å². The lowest BCUT2D eigenvalue weighted by molar-refractivity contribution is 0.0736. The summed E-state index contributed by atoms with van der Waals surface area (Å²) in [5.74, 6) is 0.814. The smallest absolute Gasteiger partial charge is 0.257 e. The number of halogens is 1. The maximum absolute atomic E-state index is 13.2. The Morgan fingerprint density at radius 1 is 1.07 bits per heavy atom. The molecule has 1 aliphatic rings. The molecule has 1 N–H and O–H groups in total. The van der Waals surface area contributed by atoms with Crippen molar-refractivity contribution in [2.45, 2.75) is 6.54 Å². The molecular weight excluding hydrogens is 388 g/mol. The molecule has 1 fully saturated rings. The summed E-state index contributed by atoms with van der Waals surface area (Å²) in [4.78, 5) is 15.1. The van der Waals surface area contributed by atoms with Gasteiger partial charge in [0.1, 0.15) is 11.4 Å². The third-order valence-electron chi connectivity index (χ3n) is 4.95. The molecular formula is C22H25ClN4O2. The van der Waals surface area contributed by atoms with Gasteiger partial charge in [-0.3, -0.25) is 9.48 Å². The number of piperazine rings is 1. The molecule has 0 aliphatic carbocycles. The van der Waals surface area contributed by atoms with Crippen molar-refractivity contribution >= 4 is 18.3 Å². The van der Waals surface area contributed by atoms with E-state index in [0.29, 0.717) is 30.9 Å². The topological polar surface area (TPSA) is 59.4 Å². The summed E-state index contributed by atoms with van der Waals surface area (Å²) in [5.41, 5.74) is 3.41. The number of methoxy groups -OCH3 is 1. The average molecular weight is 413 g/mol. The quantitative estimate of drug-likeness (QED) is 0.699. The van der Waals surface area contributed by atoms with Crippen molar-refractivity contribution in [3.05, 3.63) is 71.9 Å². The van der Waals surface area contributed by atoms with Crippen LogP contribution in [0.15, 0.2) is 60.8 Å². The van der Waals surface area contributed by atoms with Crippen LogP contribution >= 0.6 is 12.4 Å². The summed E-state index contributed by atoms with van der Waals surface area (Å²) >= 11 is 0. The molecule has 4 rings (SSSR count). The number of nitrogens with one attached hydrogen (secondary N) is 1. The minimum absolute atomic E-state index is 0. The Bertz CT molecular complexity index is 935.